The third kappa shape index (κ3) is 9.42. The number of halogens is 3. The molecule has 0 spiro atoms. The number of nitrogens with zero attached hydrogens (tertiary/aromatic N) is 2. The Morgan fingerprint density at radius 3 is 2.26 bits per heavy atom. The summed E-state index contributed by atoms with van der Waals surface area (Å²) < 4.78 is 39.7. The number of hydrogen-bond acceptors (Lipinski definition) is 4. The van der Waals surface area contributed by atoms with Crippen LogP contribution in [0.25, 0.3) is 0 Å². The highest BCUT2D eigenvalue weighted by atomic mass is 35.5. The van der Waals surface area contributed by atoms with Crippen LogP contribution < -0.4 is 9.62 Å². The van der Waals surface area contributed by atoms with Crippen molar-refractivity contribution in [3.8, 4) is 0 Å². The van der Waals surface area contributed by atoms with Gasteiger partial charge < -0.3 is 10.2 Å². The second-order valence-corrected chi connectivity index (χ2v) is 13.6. The number of rotatable bonds is 13. The van der Waals surface area contributed by atoms with Crippen molar-refractivity contribution in [2.45, 2.75) is 63.6 Å². The molecular weight excluding hydrogens is 612 g/mol. The number of benzene rings is 3. The van der Waals surface area contributed by atoms with Crippen molar-refractivity contribution < 1.29 is 22.4 Å². The first-order chi connectivity index (χ1) is 20.5. The molecule has 0 aliphatic heterocycles. The van der Waals surface area contributed by atoms with E-state index in [1.807, 2.05) is 30.3 Å². The first-order valence-electron chi connectivity index (χ1n) is 14.3. The molecule has 7 nitrogen and oxygen atoms in total. The zero-order valence-electron chi connectivity index (χ0n) is 24.0. The molecule has 0 heterocycles. The molecule has 2 amide bonds. The standard InChI is InChI=1S/C32H36Cl2FN3O4S/c1-43(41,42)38(27-16-14-25(35)15-17-27)19-7-12-31(39)37(22-24-13-18-28(33)29(34)20-24)30(21-23-8-3-2-4-9-23)32(40)36-26-10-5-6-11-26/h2-4,8-9,13-18,20,26,30H,5-7,10-12,19,21-22H2,1H3,(H,36,40)/t30-/m0/s1. The number of anilines is 1. The normalized spacial score (nSPS) is 14.3. The lowest BCUT2D eigenvalue weighted by Crippen LogP contribution is -2.52. The summed E-state index contributed by atoms with van der Waals surface area (Å²) >= 11 is 12.4. The Hall–Kier alpha value is -3.14. The maximum Gasteiger partial charge on any atom is 0.243 e. The van der Waals surface area contributed by atoms with Crippen molar-refractivity contribution in [1.82, 2.24) is 10.2 Å². The van der Waals surface area contributed by atoms with E-state index in [4.69, 9.17) is 23.2 Å². The van der Waals surface area contributed by atoms with Crippen LogP contribution in [0.3, 0.4) is 0 Å². The predicted molar refractivity (Wildman–Crippen MR) is 169 cm³/mol. The summed E-state index contributed by atoms with van der Waals surface area (Å²) in [6.45, 7) is 0.119. The zero-order valence-corrected chi connectivity index (χ0v) is 26.3. The van der Waals surface area contributed by atoms with Crippen LogP contribution in [0.1, 0.15) is 49.7 Å². The summed E-state index contributed by atoms with van der Waals surface area (Å²) in [4.78, 5) is 29.3. The molecular formula is C32H36Cl2FN3O4S. The van der Waals surface area contributed by atoms with Crippen LogP contribution in [0.5, 0.6) is 0 Å². The maximum atomic E-state index is 14.0. The van der Waals surface area contributed by atoms with Crippen molar-refractivity contribution in [3.63, 3.8) is 0 Å². The van der Waals surface area contributed by atoms with E-state index in [0.29, 0.717) is 27.7 Å². The third-order valence-corrected chi connectivity index (χ3v) is 9.51. The molecule has 0 aromatic heterocycles. The highest BCUT2D eigenvalue weighted by Gasteiger charge is 2.32. The van der Waals surface area contributed by atoms with Gasteiger partial charge in [-0.2, -0.15) is 0 Å². The molecule has 1 atom stereocenters. The van der Waals surface area contributed by atoms with E-state index in [1.165, 1.54) is 24.3 Å². The van der Waals surface area contributed by atoms with E-state index in [-0.39, 0.29) is 43.8 Å². The van der Waals surface area contributed by atoms with Crippen LogP contribution in [0.4, 0.5) is 10.1 Å². The molecule has 3 aromatic rings. The molecule has 1 saturated carbocycles. The first-order valence-corrected chi connectivity index (χ1v) is 16.9. The second-order valence-electron chi connectivity index (χ2n) is 10.9. The molecule has 0 bridgehead atoms. The summed E-state index contributed by atoms with van der Waals surface area (Å²) in [6, 6.07) is 19.0. The molecule has 4 rings (SSSR count). The van der Waals surface area contributed by atoms with Gasteiger partial charge >= 0.3 is 0 Å². The molecule has 0 radical (unpaired) electrons. The lowest BCUT2D eigenvalue weighted by atomic mass is 10.0. The van der Waals surface area contributed by atoms with E-state index in [0.717, 1.165) is 41.8 Å². The van der Waals surface area contributed by atoms with Crippen LogP contribution >= 0.6 is 23.2 Å². The molecule has 1 aliphatic carbocycles. The maximum absolute atomic E-state index is 14.0. The molecule has 1 aliphatic rings. The molecule has 0 saturated heterocycles. The minimum atomic E-state index is -3.70. The minimum Gasteiger partial charge on any atom is -0.352 e. The number of sulfonamides is 1. The highest BCUT2D eigenvalue weighted by Crippen LogP contribution is 2.26. The van der Waals surface area contributed by atoms with Crippen LogP contribution in [0, 0.1) is 5.82 Å². The van der Waals surface area contributed by atoms with Gasteiger partial charge in [0.05, 0.1) is 22.0 Å². The third-order valence-electron chi connectivity index (χ3n) is 7.58. The Morgan fingerprint density at radius 1 is 0.953 bits per heavy atom. The molecule has 1 fully saturated rings. The Bertz CT molecular complexity index is 1500. The highest BCUT2D eigenvalue weighted by molar-refractivity contribution is 7.92. The van der Waals surface area contributed by atoms with Gasteiger partial charge in [-0.25, -0.2) is 12.8 Å². The Balaban J connectivity index is 1.60. The molecule has 11 heteroatoms. The molecule has 230 valence electrons. The van der Waals surface area contributed by atoms with Gasteiger partial charge in [0.15, 0.2) is 0 Å². The molecule has 43 heavy (non-hydrogen) atoms. The summed E-state index contributed by atoms with van der Waals surface area (Å²) in [5, 5.41) is 3.88. The zero-order chi connectivity index (χ0) is 31.0. The first kappa shape index (κ1) is 32.8. The average molecular weight is 649 g/mol. The predicted octanol–water partition coefficient (Wildman–Crippen LogP) is 6.38. The number of hydrogen-bond donors (Lipinski definition) is 1. The Morgan fingerprint density at radius 2 is 1.63 bits per heavy atom. The van der Waals surface area contributed by atoms with Gasteiger partial charge in [-0.05, 0) is 66.8 Å². The van der Waals surface area contributed by atoms with Crippen molar-refractivity contribution in [1.29, 1.82) is 0 Å². The Labute approximate surface area is 263 Å². The van der Waals surface area contributed by atoms with Gasteiger partial charge in [0.25, 0.3) is 0 Å². The van der Waals surface area contributed by atoms with Crippen LogP contribution in [0.2, 0.25) is 10.0 Å². The van der Waals surface area contributed by atoms with E-state index in [2.05, 4.69) is 5.32 Å². The van der Waals surface area contributed by atoms with Gasteiger partial charge in [0.1, 0.15) is 11.9 Å². The summed E-state index contributed by atoms with van der Waals surface area (Å²) in [5.74, 6) is -1.01. The smallest absolute Gasteiger partial charge is 0.243 e. The van der Waals surface area contributed by atoms with E-state index in [9.17, 15) is 22.4 Å². The lowest BCUT2D eigenvalue weighted by molar-refractivity contribution is -0.141. The number of nitrogens with one attached hydrogen (secondary N) is 1. The van der Waals surface area contributed by atoms with Gasteiger partial charge in [0.2, 0.25) is 21.8 Å². The van der Waals surface area contributed by atoms with Crippen molar-refractivity contribution in [2.24, 2.45) is 0 Å². The SMILES string of the molecule is CS(=O)(=O)N(CCCC(=O)N(Cc1ccc(Cl)c(Cl)c1)[C@@H](Cc1ccccc1)C(=O)NC1CCCC1)c1ccc(F)cc1. The molecule has 0 unspecified atom stereocenters. The van der Waals surface area contributed by atoms with Gasteiger partial charge in [-0.3, -0.25) is 13.9 Å². The van der Waals surface area contributed by atoms with Crippen LogP contribution in [-0.4, -0.2) is 50.0 Å². The minimum absolute atomic E-state index is 0.00837. The second kappa shape index (κ2) is 15.0. The lowest BCUT2D eigenvalue weighted by Gasteiger charge is -2.33. The summed E-state index contributed by atoms with van der Waals surface area (Å²) in [5.41, 5.74) is 1.92. The van der Waals surface area contributed by atoms with Crippen LogP contribution in [0.15, 0.2) is 72.8 Å². The monoisotopic (exact) mass is 647 g/mol. The van der Waals surface area contributed by atoms with E-state index >= 15 is 0 Å². The fraction of sp³-hybridized carbons (Fsp3) is 0.375. The summed E-state index contributed by atoms with van der Waals surface area (Å²) in [7, 11) is -3.70. The number of carbonyl (C=O) groups excluding carboxylic acids is 2. The fourth-order valence-corrected chi connectivity index (χ4v) is 6.65. The quantitative estimate of drug-likeness (QED) is 0.233. The summed E-state index contributed by atoms with van der Waals surface area (Å²) in [6.07, 6.45) is 5.43. The topological polar surface area (TPSA) is 86.8 Å². The van der Waals surface area contributed by atoms with Crippen molar-refractivity contribution in [3.05, 3.63) is 99.8 Å². The van der Waals surface area contributed by atoms with E-state index < -0.39 is 21.9 Å². The largest absolute Gasteiger partial charge is 0.352 e. The average Bonchev–Trinajstić information content (AvgIpc) is 3.48. The van der Waals surface area contributed by atoms with Crippen LogP contribution in [-0.2, 0) is 32.6 Å². The van der Waals surface area contributed by atoms with E-state index in [1.54, 1.807) is 23.1 Å². The van der Waals surface area contributed by atoms with Gasteiger partial charge in [0, 0.05) is 32.0 Å². The van der Waals surface area contributed by atoms with Gasteiger partial charge in [-0.1, -0.05) is 72.4 Å². The number of carbonyl (C=O) groups is 2. The Kier molecular flexibility index (Phi) is 11.5. The van der Waals surface area contributed by atoms with Crippen molar-refractivity contribution >= 4 is 50.7 Å². The molecule has 1 N–H and O–H groups in total. The number of amides is 2. The van der Waals surface area contributed by atoms with Crippen molar-refractivity contribution in [2.75, 3.05) is 17.1 Å². The van der Waals surface area contributed by atoms with Gasteiger partial charge in [-0.15, -0.1) is 0 Å². The fourth-order valence-electron chi connectivity index (χ4n) is 5.37. The molecule has 3 aromatic carbocycles.